The van der Waals surface area contributed by atoms with Crippen LogP contribution < -0.4 is 10.6 Å². The largest absolute Gasteiger partial charge is 0.352 e. The number of nitrogens with one attached hydrogen (secondary N) is 2. The molecule has 0 saturated heterocycles. The molecule has 1 aromatic heterocycles. The number of amides is 1. The summed E-state index contributed by atoms with van der Waals surface area (Å²) in [4.78, 5) is 12.8. The van der Waals surface area contributed by atoms with E-state index >= 15 is 0 Å². The second-order valence-electron chi connectivity index (χ2n) is 6.98. The molecular formula is C20H28N4O. The molecule has 1 heterocycles. The predicted molar refractivity (Wildman–Crippen MR) is 99.2 cm³/mol. The van der Waals surface area contributed by atoms with Crippen molar-refractivity contribution in [3.05, 3.63) is 53.3 Å². The molecular weight excluding hydrogens is 312 g/mol. The van der Waals surface area contributed by atoms with Gasteiger partial charge in [0, 0.05) is 29.9 Å². The van der Waals surface area contributed by atoms with Gasteiger partial charge in [0.2, 0.25) is 5.91 Å². The first kappa shape index (κ1) is 17.7. The van der Waals surface area contributed by atoms with Crippen LogP contribution in [0.2, 0.25) is 0 Å². The zero-order chi connectivity index (χ0) is 17.8. The van der Waals surface area contributed by atoms with E-state index in [-0.39, 0.29) is 24.0 Å². The fraction of sp³-hybridized carbons (Fsp3) is 0.500. The predicted octanol–water partition coefficient (Wildman–Crippen LogP) is 3.14. The van der Waals surface area contributed by atoms with E-state index in [1.54, 1.807) is 0 Å². The Morgan fingerprint density at radius 1 is 1.32 bits per heavy atom. The van der Waals surface area contributed by atoms with Gasteiger partial charge in [-0.1, -0.05) is 30.3 Å². The van der Waals surface area contributed by atoms with E-state index < -0.39 is 0 Å². The number of carbonyl (C=O) groups is 1. The van der Waals surface area contributed by atoms with Gasteiger partial charge in [-0.05, 0) is 45.6 Å². The molecule has 0 aliphatic heterocycles. The lowest BCUT2D eigenvalue weighted by molar-refractivity contribution is -0.124. The van der Waals surface area contributed by atoms with Gasteiger partial charge in [0.1, 0.15) is 6.04 Å². The standard InChI is InChI=1S/C20H28N4O/c1-4-24-18-12-8-11-17(16(18)13-21-24)23-19(20(25)22-14(2)3)15-9-6-5-7-10-15/h5-7,9-10,13-14,17,19,23H,4,8,11-12H2,1-3H3,(H,22,25)/t17-,19-/m0/s1. The van der Waals surface area contributed by atoms with E-state index in [2.05, 4.69) is 27.3 Å². The number of hydrogen-bond donors (Lipinski definition) is 2. The molecule has 0 radical (unpaired) electrons. The molecule has 2 atom stereocenters. The monoisotopic (exact) mass is 340 g/mol. The average molecular weight is 340 g/mol. The van der Waals surface area contributed by atoms with E-state index in [1.807, 2.05) is 50.4 Å². The fourth-order valence-electron chi connectivity index (χ4n) is 3.60. The van der Waals surface area contributed by atoms with E-state index in [1.165, 1.54) is 11.3 Å². The summed E-state index contributed by atoms with van der Waals surface area (Å²) < 4.78 is 2.08. The Kier molecular flexibility index (Phi) is 5.53. The summed E-state index contributed by atoms with van der Waals surface area (Å²) >= 11 is 0. The van der Waals surface area contributed by atoms with Gasteiger partial charge in [-0.25, -0.2) is 0 Å². The minimum absolute atomic E-state index is 0.0243. The normalized spacial score (nSPS) is 18.0. The molecule has 2 aromatic rings. The number of aryl methyl sites for hydroxylation is 1. The van der Waals surface area contributed by atoms with Crippen molar-refractivity contribution in [1.29, 1.82) is 0 Å². The lowest BCUT2D eigenvalue weighted by Gasteiger charge is -2.29. The molecule has 0 saturated carbocycles. The van der Waals surface area contributed by atoms with Gasteiger partial charge in [-0.3, -0.25) is 14.8 Å². The van der Waals surface area contributed by atoms with Crippen LogP contribution >= 0.6 is 0 Å². The Labute approximate surface area is 149 Å². The van der Waals surface area contributed by atoms with Gasteiger partial charge in [0.05, 0.1) is 6.20 Å². The molecule has 134 valence electrons. The summed E-state index contributed by atoms with van der Waals surface area (Å²) in [5, 5.41) is 11.2. The van der Waals surface area contributed by atoms with Crippen LogP contribution in [-0.4, -0.2) is 21.7 Å². The Hall–Kier alpha value is -2.14. The smallest absolute Gasteiger partial charge is 0.241 e. The topological polar surface area (TPSA) is 59.0 Å². The molecule has 0 fully saturated rings. The van der Waals surface area contributed by atoms with Crippen LogP contribution in [0.5, 0.6) is 0 Å². The Balaban J connectivity index is 1.86. The molecule has 1 aliphatic rings. The number of hydrogen-bond acceptors (Lipinski definition) is 3. The molecule has 0 spiro atoms. The highest BCUT2D eigenvalue weighted by molar-refractivity contribution is 5.83. The number of carbonyl (C=O) groups excluding carboxylic acids is 1. The first-order valence-electron chi connectivity index (χ1n) is 9.26. The maximum Gasteiger partial charge on any atom is 0.241 e. The van der Waals surface area contributed by atoms with E-state index in [4.69, 9.17) is 0 Å². The molecule has 0 bridgehead atoms. The molecule has 3 rings (SSSR count). The quantitative estimate of drug-likeness (QED) is 0.849. The van der Waals surface area contributed by atoms with Gasteiger partial charge in [-0.15, -0.1) is 0 Å². The van der Waals surface area contributed by atoms with Crippen molar-refractivity contribution in [1.82, 2.24) is 20.4 Å². The van der Waals surface area contributed by atoms with Gasteiger partial charge < -0.3 is 5.32 Å². The summed E-state index contributed by atoms with van der Waals surface area (Å²) in [7, 11) is 0. The lowest BCUT2D eigenvalue weighted by Crippen LogP contribution is -2.42. The van der Waals surface area contributed by atoms with Crippen molar-refractivity contribution in [3.8, 4) is 0 Å². The van der Waals surface area contributed by atoms with E-state index in [0.29, 0.717) is 0 Å². The molecule has 5 nitrogen and oxygen atoms in total. The summed E-state index contributed by atoms with van der Waals surface area (Å²) in [6.07, 6.45) is 5.18. The van der Waals surface area contributed by atoms with Crippen molar-refractivity contribution in [2.24, 2.45) is 0 Å². The van der Waals surface area contributed by atoms with Crippen LogP contribution in [0.4, 0.5) is 0 Å². The lowest BCUT2D eigenvalue weighted by atomic mass is 9.91. The highest BCUT2D eigenvalue weighted by atomic mass is 16.2. The SMILES string of the molecule is CCn1ncc2c1CCC[C@@H]2N[C@H](C(=O)NC(C)C)c1ccccc1. The molecule has 2 N–H and O–H groups in total. The summed E-state index contributed by atoms with van der Waals surface area (Å²) in [6.45, 7) is 6.99. The van der Waals surface area contributed by atoms with E-state index in [0.717, 1.165) is 31.4 Å². The van der Waals surface area contributed by atoms with Crippen LogP contribution in [-0.2, 0) is 17.8 Å². The molecule has 1 amide bonds. The van der Waals surface area contributed by atoms with Crippen LogP contribution in [0, 0.1) is 0 Å². The Morgan fingerprint density at radius 3 is 2.76 bits per heavy atom. The minimum atomic E-state index is -0.357. The van der Waals surface area contributed by atoms with Crippen LogP contribution in [0.15, 0.2) is 36.5 Å². The summed E-state index contributed by atoms with van der Waals surface area (Å²) in [5.41, 5.74) is 3.55. The van der Waals surface area contributed by atoms with Crippen LogP contribution in [0.25, 0.3) is 0 Å². The maximum atomic E-state index is 12.8. The highest BCUT2D eigenvalue weighted by Gasteiger charge is 2.29. The second-order valence-corrected chi connectivity index (χ2v) is 6.98. The Bertz CT molecular complexity index is 708. The number of aromatic nitrogens is 2. The number of benzene rings is 1. The minimum Gasteiger partial charge on any atom is -0.352 e. The molecule has 25 heavy (non-hydrogen) atoms. The zero-order valence-corrected chi connectivity index (χ0v) is 15.3. The Morgan fingerprint density at radius 2 is 2.08 bits per heavy atom. The molecule has 1 aromatic carbocycles. The third-order valence-electron chi connectivity index (χ3n) is 4.76. The van der Waals surface area contributed by atoms with Crippen LogP contribution in [0.3, 0.4) is 0 Å². The summed E-state index contributed by atoms with van der Waals surface area (Å²) in [6, 6.07) is 9.88. The van der Waals surface area contributed by atoms with Crippen molar-refractivity contribution in [2.45, 2.75) is 64.7 Å². The molecule has 1 aliphatic carbocycles. The van der Waals surface area contributed by atoms with Gasteiger partial charge in [-0.2, -0.15) is 5.10 Å². The third kappa shape index (κ3) is 3.93. The number of nitrogens with zero attached hydrogens (tertiary/aromatic N) is 2. The first-order valence-corrected chi connectivity index (χ1v) is 9.26. The van der Waals surface area contributed by atoms with E-state index in [9.17, 15) is 4.79 Å². The summed E-state index contributed by atoms with van der Waals surface area (Å²) in [5.74, 6) is 0.0243. The van der Waals surface area contributed by atoms with Crippen molar-refractivity contribution in [2.75, 3.05) is 0 Å². The maximum absolute atomic E-state index is 12.8. The van der Waals surface area contributed by atoms with Gasteiger partial charge in [0.15, 0.2) is 0 Å². The first-order chi connectivity index (χ1) is 12.1. The molecule has 0 unspecified atom stereocenters. The van der Waals surface area contributed by atoms with Crippen molar-refractivity contribution >= 4 is 5.91 Å². The third-order valence-corrected chi connectivity index (χ3v) is 4.76. The molecule has 5 heteroatoms. The van der Waals surface area contributed by atoms with Crippen molar-refractivity contribution in [3.63, 3.8) is 0 Å². The van der Waals surface area contributed by atoms with Crippen molar-refractivity contribution < 1.29 is 4.79 Å². The second kappa shape index (κ2) is 7.83. The average Bonchev–Trinajstić information content (AvgIpc) is 3.03. The number of rotatable bonds is 6. The fourth-order valence-corrected chi connectivity index (χ4v) is 3.60. The van der Waals surface area contributed by atoms with Gasteiger partial charge >= 0.3 is 0 Å². The zero-order valence-electron chi connectivity index (χ0n) is 15.3. The number of fused-ring (bicyclic) bond motifs is 1. The van der Waals surface area contributed by atoms with Crippen LogP contribution in [0.1, 0.15) is 62.5 Å². The van der Waals surface area contributed by atoms with Gasteiger partial charge in [0.25, 0.3) is 0 Å². The highest BCUT2D eigenvalue weighted by Crippen LogP contribution is 2.32.